The van der Waals surface area contributed by atoms with Gasteiger partial charge in [0.05, 0.1) is 10.6 Å². The number of likely N-dealkylation sites (N-methyl/N-ethyl adjacent to an activating group) is 1. The highest BCUT2D eigenvalue weighted by Crippen LogP contribution is 2.16. The topological polar surface area (TPSA) is 41.1 Å². The van der Waals surface area contributed by atoms with E-state index in [1.165, 1.54) is 12.1 Å². The van der Waals surface area contributed by atoms with Crippen molar-refractivity contribution in [2.24, 2.45) is 0 Å². The molecule has 5 heteroatoms. The average Bonchev–Trinajstić information content (AvgIpc) is 2.30. The molecule has 2 N–H and O–H groups in total. The van der Waals surface area contributed by atoms with Crippen LogP contribution in [0.4, 0.5) is 4.39 Å². The van der Waals surface area contributed by atoms with E-state index in [1.807, 2.05) is 0 Å². The van der Waals surface area contributed by atoms with Gasteiger partial charge in [-0.3, -0.25) is 4.79 Å². The van der Waals surface area contributed by atoms with Crippen LogP contribution in [0, 0.1) is 5.82 Å². The molecule has 0 atom stereocenters. The Labute approximate surface area is 105 Å². The summed E-state index contributed by atoms with van der Waals surface area (Å²) < 4.78 is 12.9. The summed E-state index contributed by atoms with van der Waals surface area (Å²) in [5, 5.41) is 5.71. The molecule has 1 aromatic carbocycles. The first-order chi connectivity index (χ1) is 7.86. The van der Waals surface area contributed by atoms with Crippen LogP contribution in [0.5, 0.6) is 0 Å². The van der Waals surface area contributed by atoms with Gasteiger partial charge in [0, 0.05) is 6.54 Å². The van der Waals surface area contributed by atoms with E-state index in [1.54, 1.807) is 27.0 Å². The predicted molar refractivity (Wildman–Crippen MR) is 66.4 cm³/mol. The molecule has 0 fully saturated rings. The van der Waals surface area contributed by atoms with Gasteiger partial charge in [0.15, 0.2) is 0 Å². The van der Waals surface area contributed by atoms with Crippen molar-refractivity contribution in [2.45, 2.75) is 25.9 Å². The number of carbonyl (C=O) groups excluding carboxylic acids is 1. The van der Waals surface area contributed by atoms with E-state index in [-0.39, 0.29) is 10.9 Å². The van der Waals surface area contributed by atoms with Gasteiger partial charge >= 0.3 is 0 Å². The van der Waals surface area contributed by atoms with Gasteiger partial charge in [-0.05, 0) is 38.6 Å². The fraction of sp³-hybridized carbons (Fsp3) is 0.417. The highest BCUT2D eigenvalue weighted by molar-refractivity contribution is 6.30. The van der Waals surface area contributed by atoms with Gasteiger partial charge in [-0.2, -0.15) is 0 Å². The van der Waals surface area contributed by atoms with Crippen LogP contribution in [-0.2, 0) is 11.3 Å². The van der Waals surface area contributed by atoms with Crippen LogP contribution in [0.1, 0.15) is 19.4 Å². The van der Waals surface area contributed by atoms with Crippen molar-refractivity contribution < 1.29 is 9.18 Å². The number of hydrogen-bond acceptors (Lipinski definition) is 2. The van der Waals surface area contributed by atoms with Crippen molar-refractivity contribution in [1.82, 2.24) is 10.6 Å². The van der Waals surface area contributed by atoms with E-state index in [9.17, 15) is 9.18 Å². The van der Waals surface area contributed by atoms with Gasteiger partial charge in [0.25, 0.3) is 0 Å². The Morgan fingerprint density at radius 2 is 2.12 bits per heavy atom. The van der Waals surface area contributed by atoms with Crippen LogP contribution in [0.25, 0.3) is 0 Å². The second kappa shape index (κ2) is 5.47. The number of rotatable bonds is 4. The number of amides is 1. The maximum Gasteiger partial charge on any atom is 0.239 e. The molecule has 1 amide bonds. The molecule has 0 aliphatic carbocycles. The number of nitrogens with one attached hydrogen (secondary N) is 2. The maximum atomic E-state index is 12.9. The summed E-state index contributed by atoms with van der Waals surface area (Å²) in [5.74, 6) is -0.585. The Balaban J connectivity index is 2.62. The second-order valence-electron chi connectivity index (χ2n) is 4.31. The van der Waals surface area contributed by atoms with Crippen molar-refractivity contribution in [3.05, 3.63) is 34.6 Å². The van der Waals surface area contributed by atoms with Crippen LogP contribution in [0.3, 0.4) is 0 Å². The quantitative estimate of drug-likeness (QED) is 0.868. The van der Waals surface area contributed by atoms with Gasteiger partial charge in [-0.25, -0.2) is 4.39 Å². The maximum absolute atomic E-state index is 12.9. The van der Waals surface area contributed by atoms with Gasteiger partial charge in [0.1, 0.15) is 5.82 Å². The molecule has 0 radical (unpaired) electrons. The van der Waals surface area contributed by atoms with E-state index in [0.29, 0.717) is 6.54 Å². The lowest BCUT2D eigenvalue weighted by atomic mass is 10.1. The Kier molecular flexibility index (Phi) is 4.48. The minimum atomic E-state index is -0.635. The largest absolute Gasteiger partial charge is 0.350 e. The van der Waals surface area contributed by atoms with E-state index in [2.05, 4.69) is 10.6 Å². The summed E-state index contributed by atoms with van der Waals surface area (Å²) in [7, 11) is 1.72. The van der Waals surface area contributed by atoms with Gasteiger partial charge in [-0.1, -0.05) is 17.7 Å². The van der Waals surface area contributed by atoms with Crippen LogP contribution in [0.2, 0.25) is 5.02 Å². The zero-order valence-electron chi connectivity index (χ0n) is 10.1. The SMILES string of the molecule is CNC(C)(C)C(=O)NCc1ccc(F)c(Cl)c1. The van der Waals surface area contributed by atoms with Crippen molar-refractivity contribution >= 4 is 17.5 Å². The lowest BCUT2D eigenvalue weighted by Gasteiger charge is -2.22. The Hall–Kier alpha value is -1.13. The lowest BCUT2D eigenvalue weighted by molar-refractivity contribution is -0.126. The van der Waals surface area contributed by atoms with Crippen molar-refractivity contribution in [2.75, 3.05) is 7.05 Å². The van der Waals surface area contributed by atoms with E-state index in [0.717, 1.165) is 5.56 Å². The summed E-state index contributed by atoms with van der Waals surface area (Å²) in [6.07, 6.45) is 0. The monoisotopic (exact) mass is 258 g/mol. The first kappa shape index (κ1) is 13.9. The molecule has 3 nitrogen and oxygen atoms in total. The smallest absolute Gasteiger partial charge is 0.239 e. The Morgan fingerprint density at radius 1 is 1.47 bits per heavy atom. The molecular formula is C12H16ClFN2O. The van der Waals surface area contributed by atoms with Crippen LogP contribution >= 0.6 is 11.6 Å². The molecule has 0 unspecified atom stereocenters. The summed E-state index contributed by atoms with van der Waals surface area (Å²) >= 11 is 5.65. The number of halogens is 2. The molecule has 1 rings (SSSR count). The molecule has 0 heterocycles. The lowest BCUT2D eigenvalue weighted by Crippen LogP contribution is -2.50. The van der Waals surface area contributed by atoms with Crippen molar-refractivity contribution in [3.8, 4) is 0 Å². The molecule has 1 aromatic rings. The molecule has 0 aliphatic rings. The summed E-state index contributed by atoms with van der Waals surface area (Å²) in [6.45, 7) is 3.88. The summed E-state index contributed by atoms with van der Waals surface area (Å²) in [4.78, 5) is 11.7. The van der Waals surface area contributed by atoms with E-state index >= 15 is 0 Å². The Bertz CT molecular complexity index is 421. The molecule has 0 aromatic heterocycles. The van der Waals surface area contributed by atoms with Crippen LogP contribution < -0.4 is 10.6 Å². The first-order valence-corrected chi connectivity index (χ1v) is 5.66. The summed E-state index contributed by atoms with van der Waals surface area (Å²) in [6, 6.07) is 4.38. The molecule has 0 bridgehead atoms. The third kappa shape index (κ3) is 3.68. The standard InChI is InChI=1S/C12H16ClFN2O/c1-12(2,15-3)11(17)16-7-8-4-5-10(14)9(13)6-8/h4-6,15H,7H2,1-3H3,(H,16,17). The van der Waals surface area contributed by atoms with Crippen molar-refractivity contribution in [1.29, 1.82) is 0 Å². The van der Waals surface area contributed by atoms with Crippen LogP contribution in [0.15, 0.2) is 18.2 Å². The summed E-state index contributed by atoms with van der Waals surface area (Å²) in [5.41, 5.74) is 0.126. The molecule has 94 valence electrons. The zero-order valence-corrected chi connectivity index (χ0v) is 10.9. The second-order valence-corrected chi connectivity index (χ2v) is 4.71. The minimum absolute atomic E-state index is 0.0598. The number of hydrogen-bond donors (Lipinski definition) is 2. The van der Waals surface area contributed by atoms with Crippen molar-refractivity contribution in [3.63, 3.8) is 0 Å². The average molecular weight is 259 g/mol. The van der Waals surface area contributed by atoms with Crippen LogP contribution in [-0.4, -0.2) is 18.5 Å². The van der Waals surface area contributed by atoms with Gasteiger partial charge in [0.2, 0.25) is 5.91 Å². The number of benzene rings is 1. The first-order valence-electron chi connectivity index (χ1n) is 5.28. The van der Waals surface area contributed by atoms with Gasteiger partial charge in [-0.15, -0.1) is 0 Å². The molecule has 0 spiro atoms. The third-order valence-corrected chi connectivity index (χ3v) is 2.92. The molecule has 17 heavy (non-hydrogen) atoms. The predicted octanol–water partition coefficient (Wildman–Crippen LogP) is 2.09. The molecule has 0 aliphatic heterocycles. The zero-order chi connectivity index (χ0) is 13.1. The minimum Gasteiger partial charge on any atom is -0.350 e. The fourth-order valence-corrected chi connectivity index (χ4v) is 1.37. The number of carbonyl (C=O) groups is 1. The molecule has 0 saturated heterocycles. The highest BCUT2D eigenvalue weighted by atomic mass is 35.5. The van der Waals surface area contributed by atoms with E-state index in [4.69, 9.17) is 11.6 Å². The Morgan fingerprint density at radius 3 is 2.65 bits per heavy atom. The normalized spacial score (nSPS) is 11.4. The molecular weight excluding hydrogens is 243 g/mol. The third-order valence-electron chi connectivity index (χ3n) is 2.63. The van der Waals surface area contributed by atoms with Gasteiger partial charge < -0.3 is 10.6 Å². The van der Waals surface area contributed by atoms with E-state index < -0.39 is 11.4 Å². The molecule has 0 saturated carbocycles. The fourth-order valence-electron chi connectivity index (χ4n) is 1.17. The highest BCUT2D eigenvalue weighted by Gasteiger charge is 2.24.